The van der Waals surface area contributed by atoms with Gasteiger partial charge in [-0.25, -0.2) is 9.78 Å². The van der Waals surface area contributed by atoms with E-state index in [4.69, 9.17) is 0 Å². The number of hydrogen-bond acceptors (Lipinski definition) is 3. The Labute approximate surface area is 130 Å². The van der Waals surface area contributed by atoms with Crippen LogP contribution >= 0.6 is 11.8 Å². The van der Waals surface area contributed by atoms with Crippen molar-refractivity contribution < 1.29 is 4.79 Å². The van der Waals surface area contributed by atoms with Gasteiger partial charge in [0, 0.05) is 42.7 Å². The van der Waals surface area contributed by atoms with Gasteiger partial charge >= 0.3 is 6.03 Å². The summed E-state index contributed by atoms with van der Waals surface area (Å²) < 4.78 is 0. The highest BCUT2D eigenvalue weighted by Crippen LogP contribution is 2.29. The number of aromatic amines is 1. The first-order valence-electron chi connectivity index (χ1n) is 7.85. The Bertz CT molecular complexity index is 464. The number of H-pyrrole nitrogens is 1. The lowest BCUT2D eigenvalue weighted by molar-refractivity contribution is 0.175. The minimum absolute atomic E-state index is 0.109. The summed E-state index contributed by atoms with van der Waals surface area (Å²) in [6.45, 7) is 1.63. The first-order chi connectivity index (χ1) is 10.3. The van der Waals surface area contributed by atoms with Crippen LogP contribution in [0.1, 0.15) is 43.8 Å². The molecule has 0 radical (unpaired) electrons. The fraction of sp³-hybridized carbons (Fsp3) is 0.733. The van der Waals surface area contributed by atoms with E-state index in [2.05, 4.69) is 21.5 Å². The summed E-state index contributed by atoms with van der Waals surface area (Å²) in [6.07, 6.45) is 11.5. The number of carbonyl (C=O) groups is 1. The number of nitrogens with one attached hydrogen (secondary N) is 2. The lowest BCUT2D eigenvalue weighted by Gasteiger charge is -2.33. The molecule has 6 heteroatoms. The number of hydrogen-bond donors (Lipinski definition) is 2. The Morgan fingerprint density at radius 3 is 3.10 bits per heavy atom. The number of nitrogens with zero attached hydrogens (tertiary/aromatic N) is 2. The molecule has 2 N–H and O–H groups in total. The van der Waals surface area contributed by atoms with E-state index in [1.54, 1.807) is 6.20 Å². The lowest BCUT2D eigenvalue weighted by atomic mass is 9.97. The highest BCUT2D eigenvalue weighted by Gasteiger charge is 2.31. The molecule has 1 aliphatic heterocycles. The Balaban J connectivity index is 1.57. The van der Waals surface area contributed by atoms with E-state index in [1.165, 1.54) is 12.8 Å². The fourth-order valence-electron chi connectivity index (χ4n) is 3.51. The lowest BCUT2D eigenvalue weighted by Crippen LogP contribution is -2.49. The molecule has 3 rings (SSSR count). The number of amides is 2. The minimum atomic E-state index is 0.109. The predicted molar refractivity (Wildman–Crippen MR) is 85.6 cm³/mol. The van der Waals surface area contributed by atoms with Crippen LogP contribution in [0.3, 0.4) is 0 Å². The van der Waals surface area contributed by atoms with Crippen LogP contribution in [0.15, 0.2) is 12.4 Å². The largest absolute Gasteiger partial charge is 0.348 e. The Morgan fingerprint density at radius 1 is 1.43 bits per heavy atom. The molecule has 1 aromatic heterocycles. The fourth-order valence-corrected chi connectivity index (χ4v) is 4.44. The molecule has 21 heavy (non-hydrogen) atoms. The SMILES string of the molecule is CS[C@@H]1CCC[C@H]1NC(=O)N1CCC[C@@H](c2ncc[nH]2)C1. The van der Waals surface area contributed by atoms with Crippen LogP contribution in [0.4, 0.5) is 4.79 Å². The monoisotopic (exact) mass is 308 g/mol. The van der Waals surface area contributed by atoms with Crippen LogP contribution in [-0.2, 0) is 0 Å². The van der Waals surface area contributed by atoms with Crippen LogP contribution < -0.4 is 5.32 Å². The minimum Gasteiger partial charge on any atom is -0.348 e. The Morgan fingerprint density at radius 2 is 2.33 bits per heavy atom. The summed E-state index contributed by atoms with van der Waals surface area (Å²) in [7, 11) is 0. The topological polar surface area (TPSA) is 61.0 Å². The normalized spacial score (nSPS) is 29.6. The zero-order valence-corrected chi connectivity index (χ0v) is 13.4. The van der Waals surface area contributed by atoms with Crippen LogP contribution in [0, 0.1) is 0 Å². The van der Waals surface area contributed by atoms with Crippen molar-refractivity contribution in [2.24, 2.45) is 0 Å². The van der Waals surface area contributed by atoms with Gasteiger partial charge < -0.3 is 15.2 Å². The second kappa shape index (κ2) is 6.73. The number of thioether (sulfide) groups is 1. The number of urea groups is 1. The van der Waals surface area contributed by atoms with Gasteiger partial charge in [0.05, 0.1) is 0 Å². The van der Waals surface area contributed by atoms with Gasteiger partial charge in [-0.2, -0.15) is 11.8 Å². The Kier molecular flexibility index (Phi) is 4.73. The highest BCUT2D eigenvalue weighted by atomic mass is 32.2. The first-order valence-corrected chi connectivity index (χ1v) is 9.14. The number of aromatic nitrogens is 2. The molecular formula is C15H24N4OS. The molecule has 3 atom stereocenters. The van der Waals surface area contributed by atoms with Gasteiger partial charge in [-0.3, -0.25) is 0 Å². The number of carbonyl (C=O) groups excluding carboxylic acids is 1. The van der Waals surface area contributed by atoms with Gasteiger partial charge in [-0.1, -0.05) is 6.42 Å². The maximum Gasteiger partial charge on any atom is 0.317 e. The molecule has 0 unspecified atom stereocenters. The zero-order chi connectivity index (χ0) is 14.7. The van der Waals surface area contributed by atoms with Crippen molar-refractivity contribution in [2.45, 2.75) is 49.3 Å². The van der Waals surface area contributed by atoms with Gasteiger partial charge in [0.1, 0.15) is 5.82 Å². The van der Waals surface area contributed by atoms with E-state index in [-0.39, 0.29) is 6.03 Å². The summed E-state index contributed by atoms with van der Waals surface area (Å²) in [6, 6.07) is 0.452. The molecule has 116 valence electrons. The van der Waals surface area contributed by atoms with Gasteiger partial charge in [-0.15, -0.1) is 0 Å². The molecule has 5 nitrogen and oxygen atoms in total. The van der Waals surface area contributed by atoms with Crippen LogP contribution in [0.2, 0.25) is 0 Å². The highest BCUT2D eigenvalue weighted by molar-refractivity contribution is 7.99. The molecule has 2 aliphatic rings. The molecule has 2 heterocycles. The van der Waals surface area contributed by atoms with E-state index in [0.717, 1.165) is 38.2 Å². The van der Waals surface area contributed by atoms with Crippen molar-refractivity contribution in [2.75, 3.05) is 19.3 Å². The summed E-state index contributed by atoms with van der Waals surface area (Å²) >= 11 is 1.88. The maximum absolute atomic E-state index is 12.5. The number of rotatable bonds is 3. The first kappa shape index (κ1) is 14.8. The van der Waals surface area contributed by atoms with E-state index < -0.39 is 0 Å². The average molecular weight is 308 g/mol. The van der Waals surface area contributed by atoms with E-state index in [0.29, 0.717) is 17.2 Å². The van der Waals surface area contributed by atoms with Gasteiger partial charge in [0.15, 0.2) is 0 Å². The van der Waals surface area contributed by atoms with Crippen LogP contribution in [0.5, 0.6) is 0 Å². The van der Waals surface area contributed by atoms with Crippen molar-refractivity contribution >= 4 is 17.8 Å². The third-order valence-corrected chi connectivity index (χ3v) is 5.85. The van der Waals surface area contributed by atoms with Crippen LogP contribution in [0.25, 0.3) is 0 Å². The molecule has 2 amide bonds. The number of likely N-dealkylation sites (tertiary alicyclic amines) is 1. The van der Waals surface area contributed by atoms with Crippen molar-refractivity contribution in [3.05, 3.63) is 18.2 Å². The van der Waals surface area contributed by atoms with Crippen molar-refractivity contribution in [1.29, 1.82) is 0 Å². The summed E-state index contributed by atoms with van der Waals surface area (Å²) in [5, 5.41) is 3.83. The molecule has 1 aromatic rings. The zero-order valence-electron chi connectivity index (χ0n) is 12.5. The Hall–Kier alpha value is -1.17. The second-order valence-corrected chi connectivity index (χ2v) is 7.10. The predicted octanol–water partition coefficient (Wildman–Crippen LogP) is 2.58. The molecule has 1 saturated heterocycles. The molecule has 0 bridgehead atoms. The van der Waals surface area contributed by atoms with Gasteiger partial charge in [0.2, 0.25) is 0 Å². The van der Waals surface area contributed by atoms with Crippen molar-refractivity contribution in [3.63, 3.8) is 0 Å². The van der Waals surface area contributed by atoms with Gasteiger partial charge in [-0.05, 0) is 31.9 Å². The maximum atomic E-state index is 12.5. The van der Waals surface area contributed by atoms with Crippen LogP contribution in [-0.4, -0.2) is 51.5 Å². The molecule has 1 saturated carbocycles. The van der Waals surface area contributed by atoms with E-state index in [9.17, 15) is 4.79 Å². The quantitative estimate of drug-likeness (QED) is 0.902. The molecular weight excluding hydrogens is 284 g/mol. The molecule has 1 aliphatic carbocycles. The smallest absolute Gasteiger partial charge is 0.317 e. The third-order valence-electron chi connectivity index (χ3n) is 4.68. The molecule has 2 fully saturated rings. The third kappa shape index (κ3) is 3.36. The van der Waals surface area contributed by atoms with E-state index in [1.807, 2.05) is 22.9 Å². The summed E-state index contributed by atoms with van der Waals surface area (Å²) in [4.78, 5) is 22.0. The van der Waals surface area contributed by atoms with Crippen molar-refractivity contribution in [3.8, 4) is 0 Å². The number of imidazole rings is 1. The summed E-state index contributed by atoms with van der Waals surface area (Å²) in [5.41, 5.74) is 0. The standard InChI is InChI=1S/C15H24N4OS/c1-21-13-6-2-5-12(13)18-15(20)19-9-3-4-11(10-19)14-16-7-8-17-14/h7-8,11-13H,2-6,9-10H2,1H3,(H,16,17)(H,18,20)/t11-,12-,13-/m1/s1. The van der Waals surface area contributed by atoms with E-state index >= 15 is 0 Å². The van der Waals surface area contributed by atoms with Crippen molar-refractivity contribution in [1.82, 2.24) is 20.2 Å². The average Bonchev–Trinajstić information content (AvgIpc) is 3.18. The second-order valence-electron chi connectivity index (χ2n) is 6.02. The number of piperidine rings is 1. The molecule has 0 spiro atoms. The molecule has 0 aromatic carbocycles. The van der Waals surface area contributed by atoms with Gasteiger partial charge in [0.25, 0.3) is 0 Å². The summed E-state index contributed by atoms with van der Waals surface area (Å²) in [5.74, 6) is 1.36.